The average molecular weight is 702 g/mol. The number of nitrogens with zero attached hydrogens (tertiary/aromatic N) is 4. The average Bonchev–Trinajstić information content (AvgIpc) is 3.72. The molecule has 2 atom stereocenters. The van der Waals surface area contributed by atoms with E-state index in [0.717, 1.165) is 28.2 Å². The van der Waals surface area contributed by atoms with Crippen LogP contribution in [0.25, 0.3) is 0 Å². The molecule has 0 spiro atoms. The summed E-state index contributed by atoms with van der Waals surface area (Å²) in [6.07, 6.45) is 2.61. The van der Waals surface area contributed by atoms with Gasteiger partial charge in [-0.25, -0.2) is 9.97 Å². The molecular weight excluding hydrogens is 662 g/mol. The van der Waals surface area contributed by atoms with Crippen LogP contribution in [0.4, 0.5) is 5.69 Å². The van der Waals surface area contributed by atoms with Crippen molar-refractivity contribution in [2.75, 3.05) is 24.6 Å². The normalized spacial score (nSPS) is 18.8. The van der Waals surface area contributed by atoms with Gasteiger partial charge in [0.2, 0.25) is 11.8 Å². The smallest absolute Gasteiger partial charge is 0.264 e. The fourth-order valence-electron chi connectivity index (χ4n) is 7.07. The Hall–Kier alpha value is -5.91. The molecule has 1 aromatic heterocycles. The van der Waals surface area contributed by atoms with Crippen molar-refractivity contribution in [1.82, 2.24) is 20.2 Å². The zero-order valence-corrected chi connectivity index (χ0v) is 29.3. The monoisotopic (exact) mass is 701 g/mol. The summed E-state index contributed by atoms with van der Waals surface area (Å²) in [7, 11) is 0. The van der Waals surface area contributed by atoms with E-state index in [4.69, 9.17) is 9.47 Å². The maximum Gasteiger partial charge on any atom is 0.264 e. The molecule has 4 heterocycles. The second-order valence-electron chi connectivity index (χ2n) is 13.9. The van der Waals surface area contributed by atoms with E-state index in [9.17, 15) is 24.0 Å². The van der Waals surface area contributed by atoms with Crippen molar-refractivity contribution in [2.45, 2.75) is 58.1 Å². The minimum atomic E-state index is -0.999. The molecule has 3 aromatic carbocycles. The Morgan fingerprint density at radius 2 is 1.58 bits per heavy atom. The highest BCUT2D eigenvalue weighted by molar-refractivity contribution is 6.25. The van der Waals surface area contributed by atoms with Crippen molar-refractivity contribution in [3.63, 3.8) is 0 Å². The van der Waals surface area contributed by atoms with Gasteiger partial charge in [-0.2, -0.15) is 0 Å². The third-order valence-corrected chi connectivity index (χ3v) is 10.1. The summed E-state index contributed by atoms with van der Waals surface area (Å²) in [5.41, 5.74) is 3.86. The molecule has 4 aromatic rings. The SMILES string of the molecule is CC(=O)c1nccc(COc2ccc(C(C)(C)c3ccc(OCC4CCN(c5cccc6c5C(=O)N(C5CCC(=O)NC5=O)C6=O)C4)cc3)cc2)n1. The van der Waals surface area contributed by atoms with Gasteiger partial charge in [0.05, 0.1) is 29.1 Å². The van der Waals surface area contributed by atoms with Gasteiger partial charge in [0.1, 0.15) is 24.1 Å². The zero-order valence-electron chi connectivity index (χ0n) is 29.3. The third-order valence-electron chi connectivity index (χ3n) is 10.1. The number of rotatable bonds is 11. The number of anilines is 1. The number of amides is 4. The van der Waals surface area contributed by atoms with Crippen molar-refractivity contribution in [2.24, 2.45) is 5.92 Å². The number of imide groups is 2. The molecule has 52 heavy (non-hydrogen) atoms. The van der Waals surface area contributed by atoms with Gasteiger partial charge in [-0.1, -0.05) is 44.2 Å². The molecular formula is C40H39N5O7. The maximum atomic E-state index is 13.6. The molecule has 0 bridgehead atoms. The van der Waals surface area contributed by atoms with Crippen LogP contribution in [-0.4, -0.2) is 70.0 Å². The molecule has 0 saturated carbocycles. The van der Waals surface area contributed by atoms with E-state index in [1.165, 1.54) is 6.92 Å². The van der Waals surface area contributed by atoms with Gasteiger partial charge in [0.15, 0.2) is 11.6 Å². The van der Waals surface area contributed by atoms with E-state index in [1.54, 1.807) is 24.4 Å². The highest BCUT2D eigenvalue weighted by Gasteiger charge is 2.46. The highest BCUT2D eigenvalue weighted by atomic mass is 16.5. The fraction of sp³-hybridized carbons (Fsp3) is 0.325. The van der Waals surface area contributed by atoms with Crippen molar-refractivity contribution in [1.29, 1.82) is 0 Å². The van der Waals surface area contributed by atoms with Crippen LogP contribution in [0.5, 0.6) is 11.5 Å². The predicted molar refractivity (Wildman–Crippen MR) is 190 cm³/mol. The molecule has 2 unspecified atom stereocenters. The van der Waals surface area contributed by atoms with Crippen LogP contribution in [0.2, 0.25) is 0 Å². The Bertz CT molecular complexity index is 2060. The van der Waals surface area contributed by atoms with Gasteiger partial charge in [0, 0.05) is 44.0 Å². The minimum absolute atomic E-state index is 0.0774. The van der Waals surface area contributed by atoms with E-state index < -0.39 is 29.7 Å². The quantitative estimate of drug-likeness (QED) is 0.169. The summed E-state index contributed by atoms with van der Waals surface area (Å²) < 4.78 is 12.1. The van der Waals surface area contributed by atoms with Crippen LogP contribution < -0.4 is 19.7 Å². The predicted octanol–water partition coefficient (Wildman–Crippen LogP) is 4.89. The lowest BCUT2D eigenvalue weighted by atomic mass is 9.78. The van der Waals surface area contributed by atoms with Gasteiger partial charge < -0.3 is 14.4 Å². The summed E-state index contributed by atoms with van der Waals surface area (Å²) in [5.74, 6) is -0.379. The van der Waals surface area contributed by atoms with Crippen LogP contribution in [0.15, 0.2) is 79.0 Å². The Morgan fingerprint density at radius 3 is 2.25 bits per heavy atom. The number of ether oxygens (including phenoxy) is 2. The van der Waals surface area contributed by atoms with E-state index >= 15 is 0 Å². The zero-order chi connectivity index (χ0) is 36.6. The first-order valence-electron chi connectivity index (χ1n) is 17.4. The summed E-state index contributed by atoms with van der Waals surface area (Å²) in [5, 5.41) is 2.25. The van der Waals surface area contributed by atoms with E-state index in [1.807, 2.05) is 42.5 Å². The lowest BCUT2D eigenvalue weighted by Gasteiger charge is -2.28. The summed E-state index contributed by atoms with van der Waals surface area (Å²) in [4.78, 5) is 73.9. The van der Waals surface area contributed by atoms with Crippen LogP contribution in [0, 0.1) is 5.92 Å². The number of fused-ring (bicyclic) bond motifs is 1. The molecule has 2 saturated heterocycles. The summed E-state index contributed by atoms with van der Waals surface area (Å²) in [6, 6.07) is 22.0. The molecule has 3 aliphatic heterocycles. The van der Waals surface area contributed by atoms with Gasteiger partial charge in [-0.05, 0) is 66.4 Å². The van der Waals surface area contributed by atoms with Crippen LogP contribution >= 0.6 is 0 Å². The maximum absolute atomic E-state index is 13.6. The molecule has 7 rings (SSSR count). The lowest BCUT2D eigenvalue weighted by Crippen LogP contribution is -2.54. The second-order valence-corrected chi connectivity index (χ2v) is 13.9. The molecule has 3 aliphatic rings. The topological polar surface area (TPSA) is 148 Å². The minimum Gasteiger partial charge on any atom is -0.493 e. The van der Waals surface area contributed by atoms with Crippen molar-refractivity contribution >= 4 is 35.1 Å². The number of carbonyl (C=O) groups is 5. The summed E-state index contributed by atoms with van der Waals surface area (Å²) in [6.45, 7) is 7.84. The number of aromatic nitrogens is 2. The Balaban J connectivity index is 0.940. The first-order valence-corrected chi connectivity index (χ1v) is 17.4. The van der Waals surface area contributed by atoms with Gasteiger partial charge >= 0.3 is 0 Å². The number of ketones is 1. The molecule has 0 radical (unpaired) electrons. The molecule has 0 aliphatic carbocycles. The Morgan fingerprint density at radius 1 is 0.885 bits per heavy atom. The number of nitrogens with one attached hydrogen (secondary N) is 1. The molecule has 2 fully saturated rings. The molecule has 1 N–H and O–H groups in total. The number of benzene rings is 3. The van der Waals surface area contributed by atoms with Crippen molar-refractivity contribution < 1.29 is 33.4 Å². The lowest BCUT2D eigenvalue weighted by molar-refractivity contribution is -0.136. The number of Topliss-reactive ketones (excluding diaryl/α,β-unsaturated/α-hetero) is 1. The largest absolute Gasteiger partial charge is 0.493 e. The Labute approximate surface area is 301 Å². The molecule has 266 valence electrons. The summed E-state index contributed by atoms with van der Waals surface area (Å²) >= 11 is 0. The fourth-order valence-corrected chi connectivity index (χ4v) is 7.07. The van der Waals surface area contributed by atoms with Gasteiger partial charge in [0.25, 0.3) is 11.8 Å². The van der Waals surface area contributed by atoms with E-state index in [-0.39, 0.29) is 48.0 Å². The number of hydrogen-bond donors (Lipinski definition) is 1. The van der Waals surface area contributed by atoms with E-state index in [2.05, 4.69) is 46.2 Å². The van der Waals surface area contributed by atoms with Crippen molar-refractivity contribution in [3.05, 3.63) is 113 Å². The van der Waals surface area contributed by atoms with Gasteiger partial charge in [-0.15, -0.1) is 0 Å². The standard InChI is InChI=1S/C40H39N5O7/c1-24(46)36-41-19-17-28(42-36)23-52-30-13-9-27(10-14-30)40(2,3)26-7-11-29(12-8-26)51-22-25-18-20-44(21-25)32-6-4-5-31-35(32)39(50)45(38(31)49)33-15-16-34(47)43-37(33)48/h4-14,17,19,25,33H,15-16,18,20-23H2,1-3H3,(H,43,47,48). The molecule has 4 amide bonds. The number of hydrogen-bond acceptors (Lipinski definition) is 10. The van der Waals surface area contributed by atoms with Crippen LogP contribution in [-0.2, 0) is 21.6 Å². The van der Waals surface area contributed by atoms with Crippen LogP contribution in [0.1, 0.15) is 88.2 Å². The number of carbonyl (C=O) groups excluding carboxylic acids is 5. The second kappa shape index (κ2) is 14.0. The van der Waals surface area contributed by atoms with Crippen LogP contribution in [0.3, 0.4) is 0 Å². The highest BCUT2D eigenvalue weighted by Crippen LogP contribution is 2.37. The first-order chi connectivity index (χ1) is 25.0. The molecule has 12 heteroatoms. The van der Waals surface area contributed by atoms with E-state index in [0.29, 0.717) is 42.4 Å². The Kier molecular flexibility index (Phi) is 9.31. The number of piperidine rings is 1. The molecule has 12 nitrogen and oxygen atoms in total. The van der Waals surface area contributed by atoms with Crippen molar-refractivity contribution in [3.8, 4) is 11.5 Å². The first kappa shape index (κ1) is 34.5. The van der Waals surface area contributed by atoms with Gasteiger partial charge in [-0.3, -0.25) is 34.2 Å². The third kappa shape index (κ3) is 6.75.